The van der Waals surface area contributed by atoms with Crippen molar-refractivity contribution in [2.24, 2.45) is 0 Å². The monoisotopic (exact) mass is 181 g/mol. The van der Waals surface area contributed by atoms with E-state index in [9.17, 15) is 4.79 Å². The third-order valence-corrected chi connectivity index (χ3v) is 2.08. The number of carbonyl (C=O) groups excluding carboxylic acids is 1. The topological polar surface area (TPSA) is 40.5 Å². The zero-order valence-corrected chi connectivity index (χ0v) is 7.70. The lowest BCUT2D eigenvalue weighted by Gasteiger charge is -2.22. The number of carbonyl (C=O) groups is 1. The third kappa shape index (κ3) is 2.70. The maximum Gasteiger partial charge on any atom is 0.157 e. The van der Waals surface area contributed by atoms with Gasteiger partial charge in [0.25, 0.3) is 0 Å². The van der Waals surface area contributed by atoms with E-state index in [1.54, 1.807) is 12.2 Å². The molecule has 0 aromatic carbocycles. The molecule has 0 aromatic heterocycles. The number of ketones is 1. The van der Waals surface area contributed by atoms with Gasteiger partial charge in [-0.2, -0.15) is 0 Å². The van der Waals surface area contributed by atoms with Crippen molar-refractivity contribution in [1.82, 2.24) is 4.90 Å². The van der Waals surface area contributed by atoms with E-state index in [1.807, 2.05) is 4.90 Å². The minimum atomic E-state index is 0.110. The van der Waals surface area contributed by atoms with Crippen LogP contribution < -0.4 is 0 Å². The van der Waals surface area contributed by atoms with E-state index in [-0.39, 0.29) is 12.4 Å². The van der Waals surface area contributed by atoms with Crippen molar-refractivity contribution in [1.29, 1.82) is 0 Å². The maximum atomic E-state index is 11.0. The van der Waals surface area contributed by atoms with E-state index < -0.39 is 0 Å². The molecule has 0 aliphatic heterocycles. The quantitative estimate of drug-likeness (QED) is 0.635. The molecule has 0 aromatic rings. The van der Waals surface area contributed by atoms with E-state index in [1.165, 1.54) is 0 Å². The lowest BCUT2D eigenvalue weighted by atomic mass is 10.3. The van der Waals surface area contributed by atoms with E-state index in [2.05, 4.69) is 6.58 Å². The predicted molar refractivity (Wildman–Crippen MR) is 51.2 cm³/mol. The molecule has 1 aliphatic rings. The van der Waals surface area contributed by atoms with E-state index in [0.29, 0.717) is 19.5 Å². The molecule has 72 valence electrons. The minimum Gasteiger partial charge on any atom is -0.395 e. The van der Waals surface area contributed by atoms with Crippen LogP contribution in [0.4, 0.5) is 0 Å². The van der Waals surface area contributed by atoms with Gasteiger partial charge in [0.1, 0.15) is 0 Å². The first-order valence-electron chi connectivity index (χ1n) is 4.48. The van der Waals surface area contributed by atoms with Gasteiger partial charge in [0.05, 0.1) is 6.61 Å². The fraction of sp³-hybridized carbons (Fsp3) is 0.500. The summed E-state index contributed by atoms with van der Waals surface area (Å²) in [5, 5.41) is 8.80. The summed E-state index contributed by atoms with van der Waals surface area (Å²) >= 11 is 0. The van der Waals surface area contributed by atoms with Crippen molar-refractivity contribution in [3.05, 3.63) is 24.4 Å². The molecule has 1 aliphatic carbocycles. The molecule has 13 heavy (non-hydrogen) atoms. The second-order valence-electron chi connectivity index (χ2n) is 3.06. The molecule has 1 rings (SSSR count). The van der Waals surface area contributed by atoms with Crippen molar-refractivity contribution < 1.29 is 9.90 Å². The van der Waals surface area contributed by atoms with Crippen LogP contribution in [0.5, 0.6) is 0 Å². The predicted octanol–water partition coefficient (Wildman–Crippen LogP) is 0.714. The van der Waals surface area contributed by atoms with Crippen LogP contribution >= 0.6 is 0 Å². The van der Waals surface area contributed by atoms with Gasteiger partial charge in [-0.1, -0.05) is 6.08 Å². The Hall–Kier alpha value is -1.09. The van der Waals surface area contributed by atoms with E-state index in [0.717, 1.165) is 12.1 Å². The Bertz CT molecular complexity index is 233. The fourth-order valence-corrected chi connectivity index (χ4v) is 1.46. The SMILES string of the molecule is C=CCN(CCO)C1=CC(=O)CC1. The summed E-state index contributed by atoms with van der Waals surface area (Å²) in [4.78, 5) is 13.0. The van der Waals surface area contributed by atoms with Crippen LogP contribution in [0.2, 0.25) is 0 Å². The zero-order valence-electron chi connectivity index (χ0n) is 7.70. The lowest BCUT2D eigenvalue weighted by Crippen LogP contribution is -2.25. The summed E-state index contributed by atoms with van der Waals surface area (Å²) < 4.78 is 0. The van der Waals surface area contributed by atoms with Gasteiger partial charge in [0.15, 0.2) is 5.78 Å². The molecule has 0 spiro atoms. The van der Waals surface area contributed by atoms with Crippen LogP contribution in [0.15, 0.2) is 24.4 Å². The smallest absolute Gasteiger partial charge is 0.157 e. The summed E-state index contributed by atoms with van der Waals surface area (Å²) in [6.07, 6.45) is 4.85. The normalized spacial score (nSPS) is 15.8. The van der Waals surface area contributed by atoms with Crippen LogP contribution in [-0.4, -0.2) is 35.5 Å². The fourth-order valence-electron chi connectivity index (χ4n) is 1.46. The van der Waals surface area contributed by atoms with Gasteiger partial charge in [-0.05, 0) is 6.42 Å². The van der Waals surface area contributed by atoms with Crippen LogP contribution in [-0.2, 0) is 4.79 Å². The van der Waals surface area contributed by atoms with Crippen molar-refractivity contribution in [3.63, 3.8) is 0 Å². The van der Waals surface area contributed by atoms with Gasteiger partial charge < -0.3 is 10.0 Å². The lowest BCUT2D eigenvalue weighted by molar-refractivity contribution is -0.114. The van der Waals surface area contributed by atoms with Crippen LogP contribution in [0.25, 0.3) is 0 Å². The van der Waals surface area contributed by atoms with Gasteiger partial charge in [-0.15, -0.1) is 6.58 Å². The molecule has 0 saturated carbocycles. The van der Waals surface area contributed by atoms with Crippen LogP contribution in [0, 0.1) is 0 Å². The number of hydrogen-bond donors (Lipinski definition) is 1. The first-order valence-corrected chi connectivity index (χ1v) is 4.48. The molecular weight excluding hydrogens is 166 g/mol. The third-order valence-electron chi connectivity index (χ3n) is 2.08. The summed E-state index contributed by atoms with van der Waals surface area (Å²) in [5.74, 6) is 0.182. The van der Waals surface area contributed by atoms with Crippen LogP contribution in [0.1, 0.15) is 12.8 Å². The van der Waals surface area contributed by atoms with Crippen molar-refractivity contribution in [2.75, 3.05) is 19.7 Å². The van der Waals surface area contributed by atoms with Crippen molar-refractivity contribution in [3.8, 4) is 0 Å². The molecule has 0 heterocycles. The Labute approximate surface area is 78.4 Å². The largest absolute Gasteiger partial charge is 0.395 e. The van der Waals surface area contributed by atoms with E-state index in [4.69, 9.17) is 5.11 Å². The number of rotatable bonds is 5. The molecule has 3 nitrogen and oxygen atoms in total. The average Bonchev–Trinajstić information content (AvgIpc) is 2.51. The Morgan fingerprint density at radius 1 is 1.62 bits per heavy atom. The molecular formula is C10H15NO2. The Morgan fingerprint density at radius 2 is 2.38 bits per heavy atom. The van der Waals surface area contributed by atoms with Crippen molar-refractivity contribution >= 4 is 5.78 Å². The number of aliphatic hydroxyl groups is 1. The Kier molecular flexibility index (Phi) is 3.71. The van der Waals surface area contributed by atoms with Gasteiger partial charge in [-0.3, -0.25) is 4.79 Å². The molecule has 0 radical (unpaired) electrons. The summed E-state index contributed by atoms with van der Waals surface area (Å²) in [5.41, 5.74) is 1.03. The molecule has 1 N–H and O–H groups in total. The molecule has 0 saturated heterocycles. The molecule has 3 heteroatoms. The minimum absolute atomic E-state index is 0.110. The number of nitrogens with zero attached hydrogens (tertiary/aromatic N) is 1. The Morgan fingerprint density at radius 3 is 2.85 bits per heavy atom. The number of hydrogen-bond acceptors (Lipinski definition) is 3. The molecule has 0 bridgehead atoms. The highest BCUT2D eigenvalue weighted by Crippen LogP contribution is 2.18. The van der Waals surface area contributed by atoms with Gasteiger partial charge in [0.2, 0.25) is 0 Å². The van der Waals surface area contributed by atoms with Gasteiger partial charge in [-0.25, -0.2) is 0 Å². The average molecular weight is 181 g/mol. The maximum absolute atomic E-state index is 11.0. The van der Waals surface area contributed by atoms with Gasteiger partial charge >= 0.3 is 0 Å². The summed E-state index contributed by atoms with van der Waals surface area (Å²) in [6.45, 7) is 5.02. The number of aliphatic hydroxyl groups excluding tert-OH is 1. The summed E-state index contributed by atoms with van der Waals surface area (Å²) in [7, 11) is 0. The molecule has 0 amide bonds. The molecule has 0 atom stereocenters. The highest BCUT2D eigenvalue weighted by Gasteiger charge is 2.16. The zero-order chi connectivity index (χ0) is 9.68. The first-order chi connectivity index (χ1) is 6.27. The highest BCUT2D eigenvalue weighted by atomic mass is 16.3. The van der Waals surface area contributed by atoms with E-state index >= 15 is 0 Å². The summed E-state index contributed by atoms with van der Waals surface area (Å²) in [6, 6.07) is 0. The molecule has 0 unspecified atom stereocenters. The standard InChI is InChI=1S/C10H15NO2/c1-2-5-11(6-7-12)9-3-4-10(13)8-9/h2,8,12H,1,3-7H2. The second kappa shape index (κ2) is 4.82. The first kappa shape index (κ1) is 9.99. The van der Waals surface area contributed by atoms with Crippen molar-refractivity contribution in [2.45, 2.75) is 12.8 Å². The highest BCUT2D eigenvalue weighted by molar-refractivity contribution is 5.92. The number of allylic oxidation sites excluding steroid dienone is 2. The molecule has 0 fully saturated rings. The Balaban J connectivity index is 2.58. The van der Waals surface area contributed by atoms with Gasteiger partial charge in [0, 0.05) is 31.3 Å². The second-order valence-corrected chi connectivity index (χ2v) is 3.06. The van der Waals surface area contributed by atoms with Crippen LogP contribution in [0.3, 0.4) is 0 Å².